The molecule has 3 heteroatoms. The lowest BCUT2D eigenvalue weighted by Gasteiger charge is -2.16. The van der Waals surface area contributed by atoms with E-state index in [1.165, 1.54) is 11.1 Å². The van der Waals surface area contributed by atoms with Gasteiger partial charge in [-0.15, -0.1) is 0 Å². The van der Waals surface area contributed by atoms with Crippen molar-refractivity contribution < 1.29 is 0 Å². The Balaban J connectivity index is 2.44. The van der Waals surface area contributed by atoms with Crippen LogP contribution in [0.1, 0.15) is 17.5 Å². The maximum atomic E-state index is 7.15. The molecule has 0 aliphatic rings. The average molecular weight is 205 g/mol. The second-order valence-corrected chi connectivity index (χ2v) is 4.00. The molecule has 0 fully saturated rings. The number of aryl methyl sites for hydroxylation is 1. The predicted molar refractivity (Wildman–Crippen MR) is 64.0 cm³/mol. The Morgan fingerprint density at radius 3 is 2.80 bits per heavy atom. The van der Waals surface area contributed by atoms with Crippen LogP contribution in [0.15, 0.2) is 24.3 Å². The molecular formula is C12H19N3. The molecule has 0 saturated heterocycles. The first-order valence-electron chi connectivity index (χ1n) is 5.15. The minimum absolute atomic E-state index is 0.256. The maximum Gasteiger partial charge on any atom is 0.0918 e. The van der Waals surface area contributed by atoms with Gasteiger partial charge in [0.1, 0.15) is 0 Å². The zero-order chi connectivity index (χ0) is 11.3. The quantitative estimate of drug-likeness (QED) is 0.568. The highest BCUT2D eigenvalue weighted by Crippen LogP contribution is 2.06. The molecule has 0 heterocycles. The lowest BCUT2D eigenvalue weighted by molar-refractivity contribution is 0.336. The number of hydrogen-bond donors (Lipinski definition) is 2. The maximum absolute atomic E-state index is 7.15. The van der Waals surface area contributed by atoms with E-state index in [1.807, 2.05) is 7.05 Å². The van der Waals surface area contributed by atoms with Gasteiger partial charge in [0.2, 0.25) is 0 Å². The van der Waals surface area contributed by atoms with Crippen molar-refractivity contribution in [2.24, 2.45) is 5.73 Å². The SMILES string of the molecule is Cc1cccc(CN(C)CCC(=N)N)c1. The Morgan fingerprint density at radius 2 is 2.20 bits per heavy atom. The molecule has 0 saturated carbocycles. The summed E-state index contributed by atoms with van der Waals surface area (Å²) in [4.78, 5) is 2.18. The molecule has 0 bridgehead atoms. The van der Waals surface area contributed by atoms with Gasteiger partial charge in [0, 0.05) is 19.5 Å². The third-order valence-corrected chi connectivity index (χ3v) is 2.30. The molecule has 0 atom stereocenters. The summed E-state index contributed by atoms with van der Waals surface area (Å²) in [7, 11) is 2.05. The van der Waals surface area contributed by atoms with Gasteiger partial charge in [0.25, 0.3) is 0 Å². The summed E-state index contributed by atoms with van der Waals surface area (Å²) in [5, 5.41) is 7.15. The number of hydrogen-bond acceptors (Lipinski definition) is 2. The van der Waals surface area contributed by atoms with Crippen LogP contribution in [0.4, 0.5) is 0 Å². The van der Waals surface area contributed by atoms with Gasteiger partial charge in [0.15, 0.2) is 0 Å². The molecule has 0 radical (unpaired) electrons. The van der Waals surface area contributed by atoms with E-state index >= 15 is 0 Å². The summed E-state index contributed by atoms with van der Waals surface area (Å²) in [5.74, 6) is 0.256. The molecule has 1 aromatic carbocycles. The van der Waals surface area contributed by atoms with Crippen molar-refractivity contribution in [1.29, 1.82) is 5.41 Å². The van der Waals surface area contributed by atoms with Crippen molar-refractivity contribution in [2.45, 2.75) is 19.9 Å². The number of rotatable bonds is 5. The van der Waals surface area contributed by atoms with Crippen LogP contribution in [0.25, 0.3) is 0 Å². The molecule has 15 heavy (non-hydrogen) atoms. The molecule has 0 aromatic heterocycles. The highest BCUT2D eigenvalue weighted by atomic mass is 15.1. The fourth-order valence-electron chi connectivity index (χ4n) is 1.51. The van der Waals surface area contributed by atoms with Crippen molar-refractivity contribution in [1.82, 2.24) is 4.90 Å². The Hall–Kier alpha value is -1.35. The fraction of sp³-hybridized carbons (Fsp3) is 0.417. The van der Waals surface area contributed by atoms with Gasteiger partial charge in [-0.05, 0) is 19.5 Å². The molecule has 3 nitrogen and oxygen atoms in total. The first-order chi connectivity index (χ1) is 7.08. The Morgan fingerprint density at radius 1 is 1.47 bits per heavy atom. The molecule has 0 aliphatic carbocycles. The third-order valence-electron chi connectivity index (χ3n) is 2.30. The summed E-state index contributed by atoms with van der Waals surface area (Å²) in [5.41, 5.74) is 7.91. The Labute approximate surface area is 91.4 Å². The van der Waals surface area contributed by atoms with Gasteiger partial charge >= 0.3 is 0 Å². The number of amidine groups is 1. The highest BCUT2D eigenvalue weighted by Gasteiger charge is 2.00. The van der Waals surface area contributed by atoms with Gasteiger partial charge in [0.05, 0.1) is 5.84 Å². The van der Waals surface area contributed by atoms with E-state index in [0.29, 0.717) is 6.42 Å². The molecule has 0 aliphatic heterocycles. The lowest BCUT2D eigenvalue weighted by Crippen LogP contribution is -2.23. The van der Waals surface area contributed by atoms with Crippen LogP contribution in [0.3, 0.4) is 0 Å². The predicted octanol–water partition coefficient (Wildman–Crippen LogP) is 1.75. The molecule has 1 rings (SSSR count). The number of nitrogens with one attached hydrogen (secondary N) is 1. The number of nitrogens with two attached hydrogens (primary N) is 1. The second kappa shape index (κ2) is 5.51. The Bertz CT molecular complexity index is 333. The van der Waals surface area contributed by atoms with E-state index in [9.17, 15) is 0 Å². The van der Waals surface area contributed by atoms with Gasteiger partial charge in [-0.1, -0.05) is 29.8 Å². The van der Waals surface area contributed by atoms with Crippen LogP contribution in [0.5, 0.6) is 0 Å². The summed E-state index contributed by atoms with van der Waals surface area (Å²) in [6.45, 7) is 3.84. The summed E-state index contributed by atoms with van der Waals surface area (Å²) in [6.07, 6.45) is 0.641. The van der Waals surface area contributed by atoms with E-state index in [2.05, 4.69) is 36.1 Å². The van der Waals surface area contributed by atoms with Crippen LogP contribution in [0, 0.1) is 12.3 Å². The van der Waals surface area contributed by atoms with Crippen LogP contribution >= 0.6 is 0 Å². The van der Waals surface area contributed by atoms with Crippen LogP contribution in [-0.2, 0) is 6.54 Å². The highest BCUT2D eigenvalue weighted by molar-refractivity contribution is 5.76. The summed E-state index contributed by atoms with van der Waals surface area (Å²) < 4.78 is 0. The molecule has 0 unspecified atom stereocenters. The molecule has 0 amide bonds. The number of nitrogens with zero attached hydrogens (tertiary/aromatic N) is 1. The van der Waals surface area contributed by atoms with Gasteiger partial charge in [-0.25, -0.2) is 0 Å². The third kappa shape index (κ3) is 4.61. The largest absolute Gasteiger partial charge is 0.388 e. The Kier molecular flexibility index (Phi) is 4.31. The van der Waals surface area contributed by atoms with E-state index in [0.717, 1.165) is 13.1 Å². The summed E-state index contributed by atoms with van der Waals surface area (Å²) >= 11 is 0. The molecule has 3 N–H and O–H groups in total. The van der Waals surface area contributed by atoms with Crippen LogP contribution in [-0.4, -0.2) is 24.3 Å². The molecular weight excluding hydrogens is 186 g/mol. The van der Waals surface area contributed by atoms with Gasteiger partial charge in [-0.3, -0.25) is 5.41 Å². The van der Waals surface area contributed by atoms with Crippen LogP contribution in [0.2, 0.25) is 0 Å². The second-order valence-electron chi connectivity index (χ2n) is 4.00. The van der Waals surface area contributed by atoms with Crippen molar-refractivity contribution in [3.8, 4) is 0 Å². The zero-order valence-corrected chi connectivity index (χ0v) is 9.46. The zero-order valence-electron chi connectivity index (χ0n) is 9.46. The summed E-state index contributed by atoms with van der Waals surface area (Å²) in [6, 6.07) is 8.48. The van der Waals surface area contributed by atoms with E-state index < -0.39 is 0 Å². The number of benzene rings is 1. The van der Waals surface area contributed by atoms with Gasteiger partial charge < -0.3 is 10.6 Å². The first kappa shape index (κ1) is 11.7. The van der Waals surface area contributed by atoms with E-state index in [1.54, 1.807) is 0 Å². The van der Waals surface area contributed by atoms with E-state index in [4.69, 9.17) is 11.1 Å². The minimum atomic E-state index is 0.256. The van der Waals surface area contributed by atoms with Crippen molar-refractivity contribution in [3.63, 3.8) is 0 Å². The molecule has 0 spiro atoms. The van der Waals surface area contributed by atoms with Crippen molar-refractivity contribution >= 4 is 5.84 Å². The monoisotopic (exact) mass is 205 g/mol. The average Bonchev–Trinajstić information content (AvgIpc) is 2.15. The standard InChI is InChI=1S/C12H19N3/c1-10-4-3-5-11(8-10)9-15(2)7-6-12(13)14/h3-5,8H,6-7,9H2,1-2H3,(H3,13,14). The van der Waals surface area contributed by atoms with Gasteiger partial charge in [-0.2, -0.15) is 0 Å². The van der Waals surface area contributed by atoms with Crippen molar-refractivity contribution in [2.75, 3.05) is 13.6 Å². The normalized spacial score (nSPS) is 10.6. The fourth-order valence-corrected chi connectivity index (χ4v) is 1.51. The van der Waals surface area contributed by atoms with Crippen molar-refractivity contribution in [3.05, 3.63) is 35.4 Å². The molecule has 82 valence electrons. The first-order valence-corrected chi connectivity index (χ1v) is 5.15. The molecule has 1 aromatic rings. The van der Waals surface area contributed by atoms with Crippen LogP contribution < -0.4 is 5.73 Å². The minimum Gasteiger partial charge on any atom is -0.388 e. The van der Waals surface area contributed by atoms with E-state index in [-0.39, 0.29) is 5.84 Å². The topological polar surface area (TPSA) is 53.1 Å². The smallest absolute Gasteiger partial charge is 0.0918 e. The lowest BCUT2D eigenvalue weighted by atomic mass is 10.1.